The van der Waals surface area contributed by atoms with Crippen LogP contribution in [0.4, 0.5) is 11.4 Å². The fraction of sp³-hybridized carbons (Fsp3) is 0.455. The molecule has 1 N–H and O–H groups in total. The normalized spacial score (nSPS) is 14.1. The Morgan fingerprint density at radius 1 is 1.53 bits per heavy atom. The summed E-state index contributed by atoms with van der Waals surface area (Å²) >= 11 is 0. The minimum absolute atomic E-state index is 0.0350. The Kier molecular flexibility index (Phi) is 3.43. The van der Waals surface area contributed by atoms with Crippen LogP contribution in [0.15, 0.2) is 18.2 Å². The zero-order chi connectivity index (χ0) is 12.3. The molecule has 2 rings (SSSR count). The highest BCUT2D eigenvalue weighted by Crippen LogP contribution is 2.34. The highest BCUT2D eigenvalue weighted by Gasteiger charge is 2.20. The Hall–Kier alpha value is -1.82. The Labute approximate surface area is 98.6 Å². The van der Waals surface area contributed by atoms with Crippen molar-refractivity contribution in [3.63, 3.8) is 0 Å². The fourth-order valence-electron chi connectivity index (χ4n) is 1.87. The number of hydrogen-bond acceptors (Lipinski definition) is 5. The average molecular weight is 238 g/mol. The molecule has 1 aliphatic heterocycles. The van der Waals surface area contributed by atoms with Gasteiger partial charge in [0.2, 0.25) is 0 Å². The van der Waals surface area contributed by atoms with E-state index in [1.165, 1.54) is 12.1 Å². The number of ether oxygens (including phenoxy) is 1. The van der Waals surface area contributed by atoms with Crippen molar-refractivity contribution in [3.05, 3.63) is 28.3 Å². The predicted molar refractivity (Wildman–Crippen MR) is 62.5 cm³/mol. The lowest BCUT2D eigenvalue weighted by molar-refractivity contribution is -0.384. The van der Waals surface area contributed by atoms with E-state index in [2.05, 4.69) is 4.90 Å². The molecular weight excluding hydrogens is 224 g/mol. The van der Waals surface area contributed by atoms with Crippen LogP contribution in [0.1, 0.15) is 6.42 Å². The number of benzene rings is 1. The van der Waals surface area contributed by atoms with Gasteiger partial charge in [-0.3, -0.25) is 10.1 Å². The van der Waals surface area contributed by atoms with Crippen molar-refractivity contribution in [3.8, 4) is 5.75 Å². The monoisotopic (exact) mass is 238 g/mol. The summed E-state index contributed by atoms with van der Waals surface area (Å²) in [5, 5.41) is 19.5. The summed E-state index contributed by atoms with van der Waals surface area (Å²) in [5.41, 5.74) is 0.892. The maximum absolute atomic E-state index is 10.6. The summed E-state index contributed by atoms with van der Waals surface area (Å²) in [4.78, 5) is 12.3. The number of aliphatic hydroxyl groups is 1. The molecule has 1 heterocycles. The summed E-state index contributed by atoms with van der Waals surface area (Å²) in [6.07, 6.45) is 0.677. The molecule has 0 spiro atoms. The van der Waals surface area contributed by atoms with Crippen LogP contribution in [0.2, 0.25) is 0 Å². The molecule has 0 aliphatic carbocycles. The fourth-order valence-corrected chi connectivity index (χ4v) is 1.87. The average Bonchev–Trinajstić information content (AvgIpc) is 2.35. The van der Waals surface area contributed by atoms with Crippen LogP contribution in [0, 0.1) is 10.1 Å². The van der Waals surface area contributed by atoms with Crippen molar-refractivity contribution in [2.45, 2.75) is 6.42 Å². The van der Waals surface area contributed by atoms with Crippen molar-refractivity contribution >= 4 is 11.4 Å². The number of rotatable bonds is 4. The van der Waals surface area contributed by atoms with Crippen LogP contribution in [0.5, 0.6) is 5.75 Å². The Morgan fingerprint density at radius 2 is 2.35 bits per heavy atom. The van der Waals surface area contributed by atoms with Crippen molar-refractivity contribution in [2.24, 2.45) is 0 Å². The first-order valence-corrected chi connectivity index (χ1v) is 5.49. The van der Waals surface area contributed by atoms with E-state index in [-0.39, 0.29) is 12.3 Å². The molecule has 0 radical (unpaired) electrons. The SMILES string of the molecule is O=[N+]([O-])c1ccc2c(c1)OCCN2CCCO. The van der Waals surface area contributed by atoms with Gasteiger partial charge in [0.15, 0.2) is 0 Å². The first-order chi connectivity index (χ1) is 8.22. The Bertz CT molecular complexity index is 422. The summed E-state index contributed by atoms with van der Waals surface area (Å²) in [6.45, 7) is 2.12. The summed E-state index contributed by atoms with van der Waals surface area (Å²) in [5.74, 6) is 0.545. The van der Waals surface area contributed by atoms with Gasteiger partial charge in [-0.2, -0.15) is 0 Å². The summed E-state index contributed by atoms with van der Waals surface area (Å²) < 4.78 is 5.42. The minimum Gasteiger partial charge on any atom is -0.489 e. The molecule has 0 bridgehead atoms. The van der Waals surface area contributed by atoms with Crippen LogP contribution >= 0.6 is 0 Å². The highest BCUT2D eigenvalue weighted by molar-refractivity contribution is 5.63. The smallest absolute Gasteiger partial charge is 0.273 e. The predicted octanol–water partition coefficient (Wildman–Crippen LogP) is 1.18. The standard InChI is InChI=1S/C11H14N2O4/c14-6-1-4-12-5-7-17-11-8-9(13(15)16)2-3-10(11)12/h2-3,8,14H,1,4-7H2. The summed E-state index contributed by atoms with van der Waals surface area (Å²) in [7, 11) is 0. The lowest BCUT2D eigenvalue weighted by atomic mass is 10.2. The molecular formula is C11H14N2O4. The van der Waals surface area contributed by atoms with Crippen LogP contribution in [-0.4, -0.2) is 36.3 Å². The van der Waals surface area contributed by atoms with Crippen LogP contribution < -0.4 is 9.64 Å². The minimum atomic E-state index is -0.434. The van der Waals surface area contributed by atoms with Gasteiger partial charge in [-0.15, -0.1) is 0 Å². The molecule has 0 atom stereocenters. The summed E-state index contributed by atoms with van der Waals surface area (Å²) in [6, 6.07) is 4.61. The van der Waals surface area contributed by atoms with E-state index in [9.17, 15) is 10.1 Å². The first-order valence-electron chi connectivity index (χ1n) is 5.49. The van der Waals surface area contributed by atoms with Crippen LogP contribution in [0.25, 0.3) is 0 Å². The molecule has 0 saturated carbocycles. The number of hydrogen-bond donors (Lipinski definition) is 1. The van der Waals surface area contributed by atoms with Gasteiger partial charge >= 0.3 is 0 Å². The van der Waals surface area contributed by atoms with Crippen molar-refractivity contribution < 1.29 is 14.8 Å². The van der Waals surface area contributed by atoms with E-state index >= 15 is 0 Å². The van der Waals surface area contributed by atoms with Gasteiger partial charge in [-0.05, 0) is 12.5 Å². The molecule has 0 unspecified atom stereocenters. The molecule has 0 aromatic heterocycles. The largest absolute Gasteiger partial charge is 0.489 e. The molecule has 1 aliphatic rings. The number of fused-ring (bicyclic) bond motifs is 1. The highest BCUT2D eigenvalue weighted by atomic mass is 16.6. The molecule has 6 nitrogen and oxygen atoms in total. The van der Waals surface area contributed by atoms with Gasteiger partial charge in [0.1, 0.15) is 12.4 Å². The second-order valence-electron chi connectivity index (χ2n) is 3.82. The number of anilines is 1. The van der Waals surface area contributed by atoms with E-state index in [0.717, 1.165) is 18.8 Å². The zero-order valence-electron chi connectivity index (χ0n) is 9.33. The molecule has 1 aromatic carbocycles. The van der Waals surface area contributed by atoms with Gasteiger partial charge in [0.05, 0.1) is 23.2 Å². The second-order valence-corrected chi connectivity index (χ2v) is 3.82. The van der Waals surface area contributed by atoms with Gasteiger partial charge in [-0.25, -0.2) is 0 Å². The molecule has 0 saturated heterocycles. The Morgan fingerprint density at radius 3 is 3.06 bits per heavy atom. The van der Waals surface area contributed by atoms with Crippen LogP contribution in [0.3, 0.4) is 0 Å². The lowest BCUT2D eigenvalue weighted by Gasteiger charge is -2.30. The second kappa shape index (κ2) is 5.01. The van der Waals surface area contributed by atoms with E-state index in [4.69, 9.17) is 9.84 Å². The topological polar surface area (TPSA) is 75.8 Å². The number of non-ortho nitro benzene ring substituents is 1. The Balaban J connectivity index is 2.23. The quantitative estimate of drug-likeness (QED) is 0.629. The maximum atomic E-state index is 10.6. The van der Waals surface area contributed by atoms with Crippen molar-refractivity contribution in [1.29, 1.82) is 0 Å². The molecule has 0 amide bonds. The van der Waals surface area contributed by atoms with Crippen molar-refractivity contribution in [2.75, 3.05) is 31.2 Å². The third-order valence-corrected chi connectivity index (χ3v) is 2.70. The molecule has 0 fully saturated rings. The molecule has 6 heteroatoms. The number of nitrogens with zero attached hydrogens (tertiary/aromatic N) is 2. The molecule has 17 heavy (non-hydrogen) atoms. The third kappa shape index (κ3) is 2.47. The van der Waals surface area contributed by atoms with Crippen molar-refractivity contribution in [1.82, 2.24) is 0 Å². The van der Waals surface area contributed by atoms with E-state index < -0.39 is 4.92 Å². The third-order valence-electron chi connectivity index (χ3n) is 2.70. The van der Waals surface area contributed by atoms with E-state index in [1.54, 1.807) is 6.07 Å². The number of nitro benzene ring substituents is 1. The number of nitro groups is 1. The first kappa shape index (κ1) is 11.7. The molecule has 1 aromatic rings. The maximum Gasteiger partial charge on any atom is 0.273 e. The lowest BCUT2D eigenvalue weighted by Crippen LogP contribution is -2.33. The molecule has 92 valence electrons. The van der Waals surface area contributed by atoms with Crippen LogP contribution in [-0.2, 0) is 0 Å². The number of aliphatic hydroxyl groups excluding tert-OH is 1. The van der Waals surface area contributed by atoms with Gasteiger partial charge in [0.25, 0.3) is 5.69 Å². The van der Waals surface area contributed by atoms with E-state index in [0.29, 0.717) is 18.8 Å². The van der Waals surface area contributed by atoms with Gasteiger partial charge < -0.3 is 14.7 Å². The van der Waals surface area contributed by atoms with Gasteiger partial charge in [-0.1, -0.05) is 0 Å². The van der Waals surface area contributed by atoms with Gasteiger partial charge in [0, 0.05) is 19.2 Å². The van der Waals surface area contributed by atoms with E-state index in [1.807, 2.05) is 0 Å². The zero-order valence-corrected chi connectivity index (χ0v) is 9.33.